The molecule has 20 heavy (non-hydrogen) atoms. The molecule has 1 aromatic carbocycles. The molecule has 0 fully saturated rings. The van der Waals surface area contributed by atoms with Crippen LogP contribution >= 0.6 is 0 Å². The number of nitrogens with zero attached hydrogens (tertiary/aromatic N) is 1. The minimum absolute atomic E-state index is 0.195. The van der Waals surface area contributed by atoms with E-state index in [4.69, 9.17) is 9.47 Å². The number of methoxy groups -OCH3 is 2. The predicted octanol–water partition coefficient (Wildman–Crippen LogP) is 2.87. The number of hydrogen-bond acceptors (Lipinski definition) is 4. The summed E-state index contributed by atoms with van der Waals surface area (Å²) in [6, 6.07) is 5.92. The van der Waals surface area contributed by atoms with Crippen molar-refractivity contribution >= 4 is 17.2 Å². The molecule has 2 rings (SSSR count). The summed E-state index contributed by atoms with van der Waals surface area (Å²) < 4.78 is 10.3. The number of anilines is 1. The zero-order valence-corrected chi connectivity index (χ0v) is 12.7. The van der Waals surface area contributed by atoms with E-state index in [9.17, 15) is 4.79 Å². The van der Waals surface area contributed by atoms with Crippen molar-refractivity contribution in [1.29, 1.82) is 0 Å². The standard InChI is InChI=1S/C16H21NO3/c1-11-9-16(2,3)17(10-14(18)20-5)15-12(11)7-6-8-13(15)19-4/h6-9H,10H2,1-5H3. The first kappa shape index (κ1) is 14.4. The van der Waals surface area contributed by atoms with Gasteiger partial charge in [-0.3, -0.25) is 4.79 Å². The van der Waals surface area contributed by atoms with Crippen LogP contribution in [0.4, 0.5) is 5.69 Å². The van der Waals surface area contributed by atoms with Gasteiger partial charge in [-0.2, -0.15) is 0 Å². The zero-order chi connectivity index (χ0) is 14.9. The molecule has 0 amide bonds. The first-order valence-corrected chi connectivity index (χ1v) is 6.62. The molecular weight excluding hydrogens is 254 g/mol. The van der Waals surface area contributed by atoms with Crippen molar-refractivity contribution in [3.8, 4) is 5.75 Å². The quantitative estimate of drug-likeness (QED) is 0.795. The number of hydrogen-bond donors (Lipinski definition) is 0. The fourth-order valence-corrected chi connectivity index (χ4v) is 2.73. The van der Waals surface area contributed by atoms with Crippen LogP contribution in [0, 0.1) is 0 Å². The van der Waals surface area contributed by atoms with Crippen LogP contribution in [-0.4, -0.2) is 32.3 Å². The maximum Gasteiger partial charge on any atom is 0.325 e. The van der Waals surface area contributed by atoms with Crippen LogP contribution in [-0.2, 0) is 9.53 Å². The topological polar surface area (TPSA) is 38.8 Å². The third kappa shape index (κ3) is 2.38. The SMILES string of the molecule is COC(=O)CN1c2c(OC)cccc2C(C)=CC1(C)C. The smallest absolute Gasteiger partial charge is 0.325 e. The Morgan fingerprint density at radius 3 is 2.60 bits per heavy atom. The summed E-state index contributed by atoms with van der Waals surface area (Å²) in [6.45, 7) is 6.43. The second kappa shape index (κ2) is 5.19. The summed E-state index contributed by atoms with van der Waals surface area (Å²) in [5.74, 6) is 0.509. The fraction of sp³-hybridized carbons (Fsp3) is 0.438. The van der Waals surface area contributed by atoms with E-state index in [1.807, 2.05) is 23.1 Å². The van der Waals surface area contributed by atoms with Crippen molar-refractivity contribution in [3.63, 3.8) is 0 Å². The average molecular weight is 275 g/mol. The molecule has 0 aromatic heterocycles. The van der Waals surface area contributed by atoms with Crippen LogP contribution in [0.25, 0.3) is 5.57 Å². The second-order valence-electron chi connectivity index (χ2n) is 5.50. The monoisotopic (exact) mass is 275 g/mol. The molecule has 4 nitrogen and oxygen atoms in total. The van der Waals surface area contributed by atoms with Crippen molar-refractivity contribution in [3.05, 3.63) is 29.8 Å². The van der Waals surface area contributed by atoms with E-state index in [0.29, 0.717) is 0 Å². The molecule has 1 aliphatic heterocycles. The fourth-order valence-electron chi connectivity index (χ4n) is 2.73. The largest absolute Gasteiger partial charge is 0.495 e. The summed E-state index contributed by atoms with van der Waals surface area (Å²) in [7, 11) is 3.05. The van der Waals surface area contributed by atoms with Crippen LogP contribution in [0.2, 0.25) is 0 Å². The van der Waals surface area contributed by atoms with Gasteiger partial charge in [-0.05, 0) is 32.4 Å². The summed E-state index contributed by atoms with van der Waals surface area (Å²) in [4.78, 5) is 13.8. The zero-order valence-electron chi connectivity index (χ0n) is 12.7. The van der Waals surface area contributed by atoms with Crippen LogP contribution in [0.3, 0.4) is 0 Å². The molecule has 0 spiro atoms. The number of rotatable bonds is 3. The maximum absolute atomic E-state index is 11.7. The van der Waals surface area contributed by atoms with Gasteiger partial charge in [-0.25, -0.2) is 0 Å². The van der Waals surface area contributed by atoms with Crippen molar-refractivity contribution in [1.82, 2.24) is 0 Å². The Morgan fingerprint density at radius 2 is 2.00 bits per heavy atom. The number of carbonyl (C=O) groups excluding carboxylic acids is 1. The van der Waals surface area contributed by atoms with E-state index < -0.39 is 0 Å². The molecule has 0 saturated heterocycles. The van der Waals surface area contributed by atoms with E-state index in [2.05, 4.69) is 26.8 Å². The molecule has 0 aliphatic carbocycles. The lowest BCUT2D eigenvalue weighted by atomic mass is 9.88. The average Bonchev–Trinajstić information content (AvgIpc) is 2.41. The molecule has 108 valence electrons. The Kier molecular flexibility index (Phi) is 3.75. The van der Waals surface area contributed by atoms with E-state index >= 15 is 0 Å². The summed E-state index contributed by atoms with van der Waals surface area (Å²) in [5, 5.41) is 0. The Hall–Kier alpha value is -1.97. The third-order valence-corrected chi connectivity index (χ3v) is 3.69. The van der Waals surface area contributed by atoms with Gasteiger partial charge in [0.2, 0.25) is 0 Å². The van der Waals surface area contributed by atoms with E-state index in [1.54, 1.807) is 7.11 Å². The lowest BCUT2D eigenvalue weighted by Gasteiger charge is -2.43. The first-order chi connectivity index (χ1) is 9.40. The van der Waals surface area contributed by atoms with Crippen molar-refractivity contribution < 1.29 is 14.3 Å². The summed E-state index contributed by atoms with van der Waals surface area (Å²) in [5.41, 5.74) is 2.95. The Labute approximate surface area is 120 Å². The van der Waals surface area contributed by atoms with Gasteiger partial charge < -0.3 is 14.4 Å². The Bertz CT molecular complexity index is 561. The Morgan fingerprint density at radius 1 is 1.30 bits per heavy atom. The van der Waals surface area contributed by atoms with Gasteiger partial charge >= 0.3 is 5.97 Å². The van der Waals surface area contributed by atoms with Crippen LogP contribution in [0.5, 0.6) is 5.75 Å². The number of ether oxygens (including phenoxy) is 2. The summed E-state index contributed by atoms with van der Waals surface area (Å²) in [6.07, 6.45) is 2.16. The van der Waals surface area contributed by atoms with Crippen LogP contribution in [0.15, 0.2) is 24.3 Å². The molecule has 1 aliphatic rings. The highest BCUT2D eigenvalue weighted by Crippen LogP contribution is 2.44. The van der Waals surface area contributed by atoms with E-state index in [1.165, 1.54) is 12.7 Å². The Balaban J connectivity index is 2.59. The number of benzene rings is 1. The number of carbonyl (C=O) groups is 1. The van der Waals surface area contributed by atoms with Gasteiger partial charge in [0.1, 0.15) is 12.3 Å². The van der Waals surface area contributed by atoms with Crippen molar-refractivity contribution in [2.24, 2.45) is 0 Å². The van der Waals surface area contributed by atoms with Gasteiger partial charge in [0.05, 0.1) is 25.4 Å². The molecule has 0 atom stereocenters. The minimum atomic E-state index is -0.278. The maximum atomic E-state index is 11.7. The van der Waals surface area contributed by atoms with Gasteiger partial charge in [0, 0.05) is 5.56 Å². The van der Waals surface area contributed by atoms with Gasteiger partial charge in [-0.1, -0.05) is 18.2 Å². The van der Waals surface area contributed by atoms with E-state index in [0.717, 1.165) is 17.0 Å². The molecule has 0 bridgehead atoms. The van der Waals surface area contributed by atoms with Gasteiger partial charge in [0.15, 0.2) is 0 Å². The first-order valence-electron chi connectivity index (χ1n) is 6.62. The second-order valence-corrected chi connectivity index (χ2v) is 5.50. The predicted molar refractivity (Wildman–Crippen MR) is 80.1 cm³/mol. The highest BCUT2D eigenvalue weighted by atomic mass is 16.5. The molecule has 0 N–H and O–H groups in total. The van der Waals surface area contributed by atoms with Crippen molar-refractivity contribution in [2.45, 2.75) is 26.3 Å². The van der Waals surface area contributed by atoms with E-state index in [-0.39, 0.29) is 18.1 Å². The molecule has 0 saturated carbocycles. The number of esters is 1. The van der Waals surface area contributed by atoms with Crippen molar-refractivity contribution in [2.75, 3.05) is 25.7 Å². The number of fused-ring (bicyclic) bond motifs is 1. The lowest BCUT2D eigenvalue weighted by molar-refractivity contribution is -0.139. The molecule has 4 heteroatoms. The van der Waals surface area contributed by atoms with Gasteiger partial charge in [0.25, 0.3) is 0 Å². The van der Waals surface area contributed by atoms with Crippen LogP contribution in [0.1, 0.15) is 26.3 Å². The molecule has 1 aromatic rings. The number of para-hydroxylation sites is 1. The molecule has 1 heterocycles. The highest BCUT2D eigenvalue weighted by molar-refractivity contribution is 5.88. The summed E-state index contributed by atoms with van der Waals surface area (Å²) >= 11 is 0. The number of allylic oxidation sites excluding steroid dienone is 1. The molecule has 0 unspecified atom stereocenters. The normalized spacial score (nSPS) is 16.2. The molecular formula is C16H21NO3. The third-order valence-electron chi connectivity index (χ3n) is 3.69. The lowest BCUT2D eigenvalue weighted by Crippen LogP contribution is -2.48. The van der Waals surface area contributed by atoms with Crippen LogP contribution < -0.4 is 9.64 Å². The van der Waals surface area contributed by atoms with Gasteiger partial charge in [-0.15, -0.1) is 0 Å². The minimum Gasteiger partial charge on any atom is -0.495 e. The molecule has 0 radical (unpaired) electrons. The highest BCUT2D eigenvalue weighted by Gasteiger charge is 2.34.